The number of amides is 1. The quantitative estimate of drug-likeness (QED) is 0.696. The molecule has 0 aromatic heterocycles. The molecule has 0 bridgehead atoms. The van der Waals surface area contributed by atoms with Crippen LogP contribution in [0.3, 0.4) is 0 Å². The monoisotopic (exact) mass is 373 g/mol. The molecule has 2 aliphatic rings. The number of carbonyl (C=O) groups is 1. The number of aliphatic hydroxyl groups is 1. The highest BCUT2D eigenvalue weighted by molar-refractivity contribution is 5.91. The van der Waals surface area contributed by atoms with Crippen molar-refractivity contribution in [2.45, 2.75) is 51.9 Å². The van der Waals surface area contributed by atoms with Crippen molar-refractivity contribution >= 4 is 5.91 Å². The average Bonchev–Trinajstić information content (AvgIpc) is 2.65. The van der Waals surface area contributed by atoms with Gasteiger partial charge in [0.15, 0.2) is 5.76 Å². The Morgan fingerprint density at radius 1 is 1.30 bits per heavy atom. The molecular formula is C22H31NO4. The second-order valence-electron chi connectivity index (χ2n) is 7.44. The molecule has 0 saturated heterocycles. The first-order valence-electron chi connectivity index (χ1n) is 10.2. The van der Waals surface area contributed by atoms with Crippen molar-refractivity contribution < 1.29 is 19.4 Å². The van der Waals surface area contributed by atoms with Crippen LogP contribution in [0.25, 0.3) is 0 Å². The van der Waals surface area contributed by atoms with E-state index in [1.54, 1.807) is 0 Å². The zero-order valence-corrected chi connectivity index (χ0v) is 16.1. The van der Waals surface area contributed by atoms with Crippen molar-refractivity contribution in [2.75, 3.05) is 13.2 Å². The fourth-order valence-electron chi connectivity index (χ4n) is 4.01. The van der Waals surface area contributed by atoms with E-state index in [4.69, 9.17) is 9.47 Å². The molecule has 1 amide bonds. The topological polar surface area (TPSA) is 67.8 Å². The predicted octanol–water partition coefficient (Wildman–Crippen LogP) is 3.38. The number of nitrogens with one attached hydrogen (secondary N) is 1. The van der Waals surface area contributed by atoms with Gasteiger partial charge in [0.25, 0.3) is 5.91 Å². The number of allylic oxidation sites excluding steroid dienone is 1. The van der Waals surface area contributed by atoms with Crippen molar-refractivity contribution in [1.82, 2.24) is 5.32 Å². The van der Waals surface area contributed by atoms with Crippen LogP contribution in [0, 0.1) is 17.8 Å². The minimum atomic E-state index is -0.422. The minimum Gasteiger partial charge on any atom is -0.459 e. The van der Waals surface area contributed by atoms with Gasteiger partial charge < -0.3 is 19.9 Å². The van der Waals surface area contributed by atoms with Crippen LogP contribution >= 0.6 is 0 Å². The van der Waals surface area contributed by atoms with E-state index in [0.717, 1.165) is 18.4 Å². The first-order chi connectivity index (χ1) is 13.2. The van der Waals surface area contributed by atoms with Crippen LogP contribution in [-0.2, 0) is 20.8 Å². The Labute approximate surface area is 161 Å². The minimum absolute atomic E-state index is 0.168. The molecule has 1 heterocycles. The fourth-order valence-corrected chi connectivity index (χ4v) is 4.01. The molecule has 3 atom stereocenters. The molecule has 3 rings (SSSR count). The lowest BCUT2D eigenvalue weighted by molar-refractivity contribution is -0.178. The summed E-state index contributed by atoms with van der Waals surface area (Å²) in [6.07, 6.45) is 6.79. The van der Waals surface area contributed by atoms with Gasteiger partial charge in [-0.3, -0.25) is 4.79 Å². The van der Waals surface area contributed by atoms with Gasteiger partial charge in [0, 0.05) is 25.7 Å². The van der Waals surface area contributed by atoms with Gasteiger partial charge in [0.2, 0.25) is 6.29 Å². The summed E-state index contributed by atoms with van der Waals surface area (Å²) in [6.45, 7) is 3.12. The molecule has 1 aliphatic heterocycles. The highest BCUT2D eigenvalue weighted by Crippen LogP contribution is 2.44. The van der Waals surface area contributed by atoms with E-state index < -0.39 is 6.29 Å². The Bertz CT molecular complexity index is 626. The second-order valence-corrected chi connectivity index (χ2v) is 7.44. The van der Waals surface area contributed by atoms with E-state index in [-0.39, 0.29) is 24.3 Å². The first-order valence-corrected chi connectivity index (χ1v) is 10.2. The number of hydrogen-bond donors (Lipinski definition) is 2. The van der Waals surface area contributed by atoms with Crippen LogP contribution in [0.15, 0.2) is 42.2 Å². The second kappa shape index (κ2) is 9.90. The number of benzene rings is 1. The first kappa shape index (κ1) is 19.9. The molecule has 0 unspecified atom stereocenters. The average molecular weight is 373 g/mol. The van der Waals surface area contributed by atoms with E-state index in [9.17, 15) is 9.90 Å². The molecule has 0 radical (unpaired) electrons. The van der Waals surface area contributed by atoms with Crippen LogP contribution in [-0.4, -0.2) is 30.5 Å². The van der Waals surface area contributed by atoms with Crippen LogP contribution in [0.1, 0.15) is 44.6 Å². The maximum absolute atomic E-state index is 12.7. The molecule has 148 valence electrons. The number of hydrogen-bond acceptors (Lipinski definition) is 4. The van der Waals surface area contributed by atoms with Gasteiger partial charge >= 0.3 is 0 Å². The highest BCUT2D eigenvalue weighted by atomic mass is 16.7. The third-order valence-electron chi connectivity index (χ3n) is 5.67. The molecule has 1 fully saturated rings. The molecule has 1 saturated carbocycles. The van der Waals surface area contributed by atoms with Gasteiger partial charge in [0.1, 0.15) is 0 Å². The number of aliphatic hydroxyl groups excluding tert-OH is 1. The smallest absolute Gasteiger partial charge is 0.286 e. The lowest BCUT2D eigenvalue weighted by atomic mass is 9.68. The van der Waals surface area contributed by atoms with Gasteiger partial charge in [0.05, 0.1) is 0 Å². The molecular weight excluding hydrogens is 342 g/mol. The predicted molar refractivity (Wildman–Crippen MR) is 104 cm³/mol. The summed E-state index contributed by atoms with van der Waals surface area (Å²) >= 11 is 0. The normalized spacial score (nSPS) is 25.3. The largest absolute Gasteiger partial charge is 0.459 e. The summed E-state index contributed by atoms with van der Waals surface area (Å²) in [6, 6.07) is 9.85. The molecule has 1 aromatic rings. The number of ether oxygens (including phenoxy) is 2. The van der Waals surface area contributed by atoms with Crippen LogP contribution in [0.2, 0.25) is 0 Å². The van der Waals surface area contributed by atoms with Crippen molar-refractivity contribution in [2.24, 2.45) is 17.8 Å². The molecule has 1 aromatic carbocycles. The van der Waals surface area contributed by atoms with Crippen molar-refractivity contribution in [1.29, 1.82) is 0 Å². The summed E-state index contributed by atoms with van der Waals surface area (Å²) in [5, 5.41) is 12.2. The van der Waals surface area contributed by atoms with E-state index in [1.807, 2.05) is 43.3 Å². The zero-order chi connectivity index (χ0) is 19.1. The van der Waals surface area contributed by atoms with Gasteiger partial charge in [-0.15, -0.1) is 0 Å². The fraction of sp³-hybridized carbons (Fsp3) is 0.591. The molecule has 1 aliphatic carbocycles. The maximum atomic E-state index is 12.7. The van der Waals surface area contributed by atoms with E-state index in [0.29, 0.717) is 24.8 Å². The Balaban J connectivity index is 1.72. The van der Waals surface area contributed by atoms with Gasteiger partial charge in [-0.1, -0.05) is 36.8 Å². The Morgan fingerprint density at radius 2 is 2.07 bits per heavy atom. The van der Waals surface area contributed by atoms with Crippen molar-refractivity contribution in [3.8, 4) is 0 Å². The van der Waals surface area contributed by atoms with E-state index in [2.05, 4.69) is 5.32 Å². The van der Waals surface area contributed by atoms with Gasteiger partial charge in [-0.05, 0) is 56.1 Å². The summed E-state index contributed by atoms with van der Waals surface area (Å²) in [4.78, 5) is 12.7. The highest BCUT2D eigenvalue weighted by Gasteiger charge is 2.42. The van der Waals surface area contributed by atoms with E-state index in [1.165, 1.54) is 19.3 Å². The number of rotatable bonds is 9. The number of carbonyl (C=O) groups excluding carboxylic acids is 1. The third-order valence-corrected chi connectivity index (χ3v) is 5.67. The summed E-state index contributed by atoms with van der Waals surface area (Å²) in [5.74, 6) is 1.23. The lowest BCUT2D eigenvalue weighted by Crippen LogP contribution is -2.43. The zero-order valence-electron chi connectivity index (χ0n) is 16.1. The van der Waals surface area contributed by atoms with Gasteiger partial charge in [-0.2, -0.15) is 0 Å². The van der Waals surface area contributed by atoms with Gasteiger partial charge in [-0.25, -0.2) is 0 Å². The Hall–Kier alpha value is -1.85. The lowest BCUT2D eigenvalue weighted by Gasteiger charge is -2.43. The molecule has 0 spiro atoms. The molecule has 2 N–H and O–H groups in total. The maximum Gasteiger partial charge on any atom is 0.286 e. The van der Waals surface area contributed by atoms with Crippen LogP contribution in [0.4, 0.5) is 0 Å². The Morgan fingerprint density at radius 3 is 2.70 bits per heavy atom. The van der Waals surface area contributed by atoms with Crippen LogP contribution < -0.4 is 5.32 Å². The SMILES string of the molecule is CCO[C@@H]1OC(C(=O)NCc2ccccc2)=C[C@H](C2CCC2)[C@H]1CCCO. The summed E-state index contributed by atoms with van der Waals surface area (Å²) in [7, 11) is 0. The summed E-state index contributed by atoms with van der Waals surface area (Å²) in [5.41, 5.74) is 1.06. The van der Waals surface area contributed by atoms with Crippen molar-refractivity contribution in [3.63, 3.8) is 0 Å². The molecule has 27 heavy (non-hydrogen) atoms. The Kier molecular flexibility index (Phi) is 7.30. The van der Waals surface area contributed by atoms with E-state index >= 15 is 0 Å². The molecule has 5 heteroatoms. The molecule has 5 nitrogen and oxygen atoms in total. The van der Waals surface area contributed by atoms with Crippen LogP contribution in [0.5, 0.6) is 0 Å². The third kappa shape index (κ3) is 5.11. The summed E-state index contributed by atoms with van der Waals surface area (Å²) < 4.78 is 11.8. The standard InChI is InChI=1S/C22H31NO4/c1-2-26-22-18(12-7-13-24)19(17-10-6-11-17)14-20(27-22)21(25)23-15-16-8-4-3-5-9-16/h3-5,8-9,14,17-19,22,24H,2,6-7,10-13,15H2,1H3,(H,23,25)/t18-,19-,22-/m1/s1. The van der Waals surface area contributed by atoms with Crippen molar-refractivity contribution in [3.05, 3.63) is 47.7 Å².